The van der Waals surface area contributed by atoms with Crippen molar-refractivity contribution in [1.29, 1.82) is 0 Å². The topological polar surface area (TPSA) is 99.2 Å². The predicted molar refractivity (Wildman–Crippen MR) is 107 cm³/mol. The summed E-state index contributed by atoms with van der Waals surface area (Å²) < 4.78 is 42.6. The van der Waals surface area contributed by atoms with Gasteiger partial charge in [-0.2, -0.15) is 13.2 Å². The van der Waals surface area contributed by atoms with Crippen LogP contribution in [0, 0.1) is 0 Å². The van der Waals surface area contributed by atoms with Crippen LogP contribution in [-0.2, 0) is 25.3 Å². The monoisotopic (exact) mass is 445 g/mol. The second-order valence-corrected chi connectivity index (χ2v) is 6.52. The Hall–Kier alpha value is -2.92. The predicted octanol–water partition coefficient (Wildman–Crippen LogP) is 0.761. The van der Waals surface area contributed by atoms with Gasteiger partial charge in [-0.05, 0) is 23.8 Å². The summed E-state index contributed by atoms with van der Waals surface area (Å²) in [6, 6.07) is 4.25. The number of nitrogens with one attached hydrogen (secondary N) is 1. The maximum Gasteiger partial charge on any atom is 0.416 e. The van der Waals surface area contributed by atoms with E-state index in [1.54, 1.807) is 0 Å². The quantitative estimate of drug-likeness (QED) is 0.490. The first-order valence-corrected chi connectivity index (χ1v) is 9.33. The molecule has 1 rings (SSSR count). The van der Waals surface area contributed by atoms with Gasteiger partial charge in [-0.1, -0.05) is 12.1 Å². The average molecular weight is 445 g/mol. The van der Waals surface area contributed by atoms with E-state index >= 15 is 0 Å². The lowest BCUT2D eigenvalue weighted by Gasteiger charge is -2.25. The molecule has 0 fully saturated rings. The zero-order valence-electron chi connectivity index (χ0n) is 17.3. The first kappa shape index (κ1) is 26.1. The van der Waals surface area contributed by atoms with E-state index in [1.807, 2.05) is 0 Å². The molecule has 11 heteroatoms. The molecule has 0 unspecified atom stereocenters. The van der Waals surface area contributed by atoms with Crippen molar-refractivity contribution in [3.8, 4) is 0 Å². The van der Waals surface area contributed by atoms with Crippen LogP contribution in [0.25, 0.3) is 6.08 Å². The summed E-state index contributed by atoms with van der Waals surface area (Å²) in [7, 11) is 2.93. The molecule has 0 radical (unpaired) electrons. The molecule has 0 atom stereocenters. The smallest absolute Gasteiger partial charge is 0.395 e. The lowest BCUT2D eigenvalue weighted by Crippen LogP contribution is -2.46. The van der Waals surface area contributed by atoms with Gasteiger partial charge in [0, 0.05) is 33.3 Å². The minimum atomic E-state index is -4.44. The number of methoxy groups -OCH3 is 1. The Morgan fingerprint density at radius 1 is 1.13 bits per heavy atom. The largest absolute Gasteiger partial charge is 0.416 e. The lowest BCUT2D eigenvalue weighted by atomic mass is 10.1. The first-order chi connectivity index (χ1) is 14.6. The molecule has 1 aromatic carbocycles. The number of likely N-dealkylation sites (N-methyl/N-ethyl adjacent to an activating group) is 1. The number of nitrogens with zero attached hydrogens (tertiary/aromatic N) is 2. The van der Waals surface area contributed by atoms with Crippen molar-refractivity contribution in [2.24, 2.45) is 0 Å². The zero-order valence-corrected chi connectivity index (χ0v) is 17.3. The molecule has 8 nitrogen and oxygen atoms in total. The lowest BCUT2D eigenvalue weighted by molar-refractivity contribution is -0.140. The fourth-order valence-corrected chi connectivity index (χ4v) is 2.34. The van der Waals surface area contributed by atoms with Gasteiger partial charge >= 0.3 is 6.18 Å². The highest BCUT2D eigenvalue weighted by Gasteiger charge is 2.29. The van der Waals surface area contributed by atoms with Crippen molar-refractivity contribution in [2.45, 2.75) is 6.18 Å². The molecule has 0 heterocycles. The number of rotatable bonds is 11. The van der Waals surface area contributed by atoms with E-state index in [-0.39, 0.29) is 45.3 Å². The van der Waals surface area contributed by atoms with Gasteiger partial charge in [-0.25, -0.2) is 0 Å². The Bertz CT molecular complexity index is 766. The molecule has 31 heavy (non-hydrogen) atoms. The maximum absolute atomic E-state index is 12.6. The fraction of sp³-hybridized carbons (Fsp3) is 0.450. The summed E-state index contributed by atoms with van der Waals surface area (Å²) >= 11 is 0. The van der Waals surface area contributed by atoms with E-state index in [0.717, 1.165) is 18.2 Å². The molecular weight excluding hydrogens is 419 g/mol. The fourth-order valence-electron chi connectivity index (χ4n) is 2.34. The normalized spacial score (nSPS) is 11.4. The molecule has 0 aliphatic heterocycles. The van der Waals surface area contributed by atoms with Crippen molar-refractivity contribution in [3.63, 3.8) is 0 Å². The molecule has 0 spiro atoms. The maximum atomic E-state index is 12.6. The summed E-state index contributed by atoms with van der Waals surface area (Å²) in [4.78, 5) is 38.9. The molecule has 1 aromatic rings. The van der Waals surface area contributed by atoms with Crippen LogP contribution in [-0.4, -0.2) is 86.2 Å². The Kier molecular flexibility index (Phi) is 10.7. The second-order valence-electron chi connectivity index (χ2n) is 6.52. The van der Waals surface area contributed by atoms with Crippen molar-refractivity contribution in [3.05, 3.63) is 41.5 Å². The molecule has 172 valence electrons. The van der Waals surface area contributed by atoms with Crippen molar-refractivity contribution in [2.75, 3.05) is 53.6 Å². The molecule has 0 saturated carbocycles. The highest BCUT2D eigenvalue weighted by atomic mass is 19.4. The number of aliphatic hydroxyl groups is 1. The highest BCUT2D eigenvalue weighted by molar-refractivity contribution is 5.94. The van der Waals surface area contributed by atoms with Crippen LogP contribution in [0.1, 0.15) is 11.1 Å². The van der Waals surface area contributed by atoms with Crippen molar-refractivity contribution in [1.82, 2.24) is 15.1 Å². The van der Waals surface area contributed by atoms with E-state index in [4.69, 9.17) is 9.84 Å². The van der Waals surface area contributed by atoms with E-state index in [2.05, 4.69) is 5.32 Å². The molecule has 3 amide bonds. The number of carbonyl (C=O) groups excluding carboxylic acids is 3. The molecule has 0 aliphatic rings. The number of ether oxygens (including phenoxy) is 1. The van der Waals surface area contributed by atoms with Crippen LogP contribution in [0.5, 0.6) is 0 Å². The van der Waals surface area contributed by atoms with Gasteiger partial charge in [0.1, 0.15) is 0 Å². The second kappa shape index (κ2) is 12.7. The number of aliphatic hydroxyl groups excluding tert-OH is 1. The zero-order chi connectivity index (χ0) is 23.4. The van der Waals surface area contributed by atoms with E-state index in [9.17, 15) is 27.6 Å². The van der Waals surface area contributed by atoms with Crippen LogP contribution in [0.2, 0.25) is 0 Å². The summed E-state index contributed by atoms with van der Waals surface area (Å²) in [5, 5.41) is 11.3. The van der Waals surface area contributed by atoms with Gasteiger partial charge in [-0.15, -0.1) is 0 Å². The molecule has 0 saturated heterocycles. The molecule has 0 aliphatic carbocycles. The summed E-state index contributed by atoms with van der Waals surface area (Å²) in [6.45, 7) is -0.394. The Labute approximate surface area is 178 Å². The third-order valence-corrected chi connectivity index (χ3v) is 4.18. The molecule has 0 bridgehead atoms. The standard InChI is InChI=1S/C20H26F3N3O5/c1-25(9-11-27)19(30)14-26(10-12-31-2)18(29)13-24-17(28)8-5-15-3-6-16(7-4-15)20(21,22)23/h3-8,27H,9-14H2,1-2H3,(H,24,28)/b8-5+. The minimum Gasteiger partial charge on any atom is -0.395 e. The van der Waals surface area contributed by atoms with E-state index in [1.165, 1.54) is 42.2 Å². The van der Waals surface area contributed by atoms with Gasteiger partial charge in [-0.3, -0.25) is 14.4 Å². The number of amides is 3. The number of alkyl halides is 3. The summed E-state index contributed by atoms with van der Waals surface area (Å²) in [6.07, 6.45) is -2.03. The number of carbonyl (C=O) groups is 3. The highest BCUT2D eigenvalue weighted by Crippen LogP contribution is 2.29. The number of halogens is 3. The Morgan fingerprint density at radius 3 is 2.32 bits per heavy atom. The van der Waals surface area contributed by atoms with Crippen LogP contribution in [0.3, 0.4) is 0 Å². The third-order valence-electron chi connectivity index (χ3n) is 4.18. The summed E-state index contributed by atoms with van der Waals surface area (Å²) in [5.41, 5.74) is -0.413. The van der Waals surface area contributed by atoms with Gasteiger partial charge in [0.15, 0.2) is 0 Å². The molecule has 0 aromatic heterocycles. The number of benzene rings is 1. The first-order valence-electron chi connectivity index (χ1n) is 9.33. The number of hydrogen-bond donors (Lipinski definition) is 2. The van der Waals surface area contributed by atoms with Gasteiger partial charge in [0.2, 0.25) is 17.7 Å². The van der Waals surface area contributed by atoms with Crippen LogP contribution >= 0.6 is 0 Å². The number of hydrogen-bond acceptors (Lipinski definition) is 5. The molecule has 2 N–H and O–H groups in total. The minimum absolute atomic E-state index is 0.122. The third kappa shape index (κ3) is 9.62. The SMILES string of the molecule is COCCN(CC(=O)N(C)CCO)C(=O)CNC(=O)/C=C/c1ccc(C(F)(F)F)cc1. The summed E-state index contributed by atoms with van der Waals surface area (Å²) in [5.74, 6) is -1.52. The Morgan fingerprint density at radius 2 is 1.77 bits per heavy atom. The molecular formula is C20H26F3N3O5. The average Bonchev–Trinajstić information content (AvgIpc) is 2.73. The van der Waals surface area contributed by atoms with Crippen molar-refractivity contribution < 1.29 is 37.4 Å². The Balaban J connectivity index is 2.62. The van der Waals surface area contributed by atoms with Crippen LogP contribution in [0.4, 0.5) is 13.2 Å². The van der Waals surface area contributed by atoms with Gasteiger partial charge in [0.05, 0.1) is 31.9 Å². The van der Waals surface area contributed by atoms with Gasteiger partial charge < -0.3 is 25.0 Å². The van der Waals surface area contributed by atoms with Crippen LogP contribution < -0.4 is 5.32 Å². The van der Waals surface area contributed by atoms with Gasteiger partial charge in [0.25, 0.3) is 0 Å². The van der Waals surface area contributed by atoms with E-state index < -0.39 is 23.6 Å². The van der Waals surface area contributed by atoms with Crippen LogP contribution in [0.15, 0.2) is 30.3 Å². The van der Waals surface area contributed by atoms with Crippen molar-refractivity contribution >= 4 is 23.8 Å². The van der Waals surface area contributed by atoms with E-state index in [0.29, 0.717) is 5.56 Å².